The maximum Gasteiger partial charge on any atom is 0.573 e. The maximum absolute atomic E-state index is 12.1. The second-order valence-electron chi connectivity index (χ2n) is 6.38. The lowest BCUT2D eigenvalue weighted by Gasteiger charge is -2.08. The fourth-order valence-corrected chi connectivity index (χ4v) is 2.79. The first-order valence-corrected chi connectivity index (χ1v) is 9.08. The van der Waals surface area contributed by atoms with Gasteiger partial charge in [-0.2, -0.15) is 0 Å². The molecule has 1 aromatic heterocycles. The number of carboxylic acid groups (broad SMARTS) is 1. The number of alkyl halides is 3. The summed E-state index contributed by atoms with van der Waals surface area (Å²) in [6.45, 7) is 0.310. The summed E-state index contributed by atoms with van der Waals surface area (Å²) in [4.78, 5) is 10.9. The number of aliphatic carboxylic acids is 1. The molecule has 0 spiro atoms. The summed E-state index contributed by atoms with van der Waals surface area (Å²) in [7, 11) is 0. The van der Waals surface area contributed by atoms with Crippen LogP contribution in [0.5, 0.6) is 11.5 Å². The van der Waals surface area contributed by atoms with E-state index in [4.69, 9.17) is 9.84 Å². The number of unbranched alkanes of at least 4 members (excludes halogenated alkanes) is 1. The average molecular weight is 417 g/mol. The van der Waals surface area contributed by atoms with Crippen molar-refractivity contribution < 1.29 is 32.5 Å². The molecule has 3 aromatic rings. The molecule has 30 heavy (non-hydrogen) atoms. The van der Waals surface area contributed by atoms with Gasteiger partial charge < -0.3 is 19.1 Å². The molecule has 0 saturated heterocycles. The van der Waals surface area contributed by atoms with E-state index < -0.39 is 12.3 Å². The van der Waals surface area contributed by atoms with E-state index in [1.165, 1.54) is 24.3 Å². The smallest absolute Gasteiger partial charge is 0.493 e. The Morgan fingerprint density at radius 2 is 1.80 bits per heavy atom. The Hall–Kier alpha value is -3.60. The molecule has 1 N–H and O–H groups in total. The van der Waals surface area contributed by atoms with E-state index in [-0.39, 0.29) is 12.3 Å². The number of nitrogens with zero attached hydrogens (tertiary/aromatic N) is 1. The average Bonchev–Trinajstić information content (AvgIpc) is 3.06. The van der Waals surface area contributed by atoms with E-state index in [1.54, 1.807) is 16.8 Å². The van der Waals surface area contributed by atoms with Gasteiger partial charge in [-0.15, -0.1) is 13.2 Å². The predicted molar refractivity (Wildman–Crippen MR) is 104 cm³/mol. The number of aromatic nitrogens is 1. The molecular weight excluding hydrogens is 399 g/mol. The van der Waals surface area contributed by atoms with Gasteiger partial charge in [0.2, 0.25) is 0 Å². The van der Waals surface area contributed by atoms with Gasteiger partial charge in [-0.25, -0.2) is 0 Å². The van der Waals surface area contributed by atoms with Crippen molar-refractivity contribution in [2.45, 2.75) is 25.7 Å². The van der Waals surface area contributed by atoms with Crippen LogP contribution >= 0.6 is 0 Å². The van der Waals surface area contributed by atoms with Crippen LogP contribution in [0, 0.1) is 11.8 Å². The molecule has 5 nitrogen and oxygen atoms in total. The number of ether oxygens (including phenoxy) is 2. The van der Waals surface area contributed by atoms with Gasteiger partial charge in [-0.05, 0) is 54.3 Å². The molecule has 0 bridgehead atoms. The van der Waals surface area contributed by atoms with Crippen molar-refractivity contribution in [2.24, 2.45) is 0 Å². The summed E-state index contributed by atoms with van der Waals surface area (Å²) in [5.41, 5.74) is 1.38. The van der Waals surface area contributed by atoms with Gasteiger partial charge in [0.15, 0.2) is 0 Å². The van der Waals surface area contributed by atoms with Gasteiger partial charge >= 0.3 is 12.3 Å². The third kappa shape index (κ3) is 6.21. The highest BCUT2D eigenvalue weighted by Crippen LogP contribution is 2.23. The van der Waals surface area contributed by atoms with Gasteiger partial charge in [-0.3, -0.25) is 4.79 Å². The zero-order valence-corrected chi connectivity index (χ0v) is 15.8. The molecule has 3 rings (SSSR count). The predicted octanol–water partition coefficient (Wildman–Crippen LogP) is 4.84. The summed E-state index contributed by atoms with van der Waals surface area (Å²) in [5.74, 6) is 5.27. The number of hydrogen-bond donors (Lipinski definition) is 1. The molecule has 0 unspecified atom stereocenters. The van der Waals surface area contributed by atoms with E-state index in [0.717, 1.165) is 10.9 Å². The molecule has 8 heteroatoms. The van der Waals surface area contributed by atoms with Crippen LogP contribution in [0.15, 0.2) is 54.7 Å². The van der Waals surface area contributed by atoms with Crippen molar-refractivity contribution in [3.63, 3.8) is 0 Å². The van der Waals surface area contributed by atoms with Crippen LogP contribution < -0.4 is 9.47 Å². The lowest BCUT2D eigenvalue weighted by molar-refractivity contribution is -0.274. The van der Waals surface area contributed by atoms with Crippen molar-refractivity contribution >= 4 is 16.9 Å². The molecular formula is C22H18F3NO4. The topological polar surface area (TPSA) is 60.7 Å². The first-order valence-electron chi connectivity index (χ1n) is 9.08. The van der Waals surface area contributed by atoms with E-state index in [2.05, 4.69) is 16.6 Å². The molecule has 0 radical (unpaired) electrons. The van der Waals surface area contributed by atoms with E-state index in [9.17, 15) is 18.0 Å². The number of fused-ring (bicyclic) bond motifs is 1. The van der Waals surface area contributed by atoms with E-state index >= 15 is 0 Å². The lowest BCUT2D eigenvalue weighted by atomic mass is 10.2. The van der Waals surface area contributed by atoms with E-state index in [0.29, 0.717) is 30.8 Å². The molecule has 0 aliphatic heterocycles. The van der Waals surface area contributed by atoms with Crippen molar-refractivity contribution in [3.8, 4) is 23.3 Å². The van der Waals surface area contributed by atoms with E-state index in [1.807, 2.05) is 18.2 Å². The fraction of sp³-hybridized carbons (Fsp3) is 0.227. The van der Waals surface area contributed by atoms with Crippen LogP contribution in [0.3, 0.4) is 0 Å². The Balaban J connectivity index is 1.47. The highest BCUT2D eigenvalue weighted by molar-refractivity contribution is 5.83. The van der Waals surface area contributed by atoms with Crippen LogP contribution in [-0.2, 0) is 11.3 Å². The molecule has 0 atom stereocenters. The minimum atomic E-state index is -4.71. The highest BCUT2D eigenvalue weighted by Gasteiger charge is 2.30. The van der Waals surface area contributed by atoms with Crippen molar-refractivity contribution in [2.75, 3.05) is 6.61 Å². The second kappa shape index (κ2) is 9.27. The van der Waals surface area contributed by atoms with Crippen LogP contribution in [0.2, 0.25) is 0 Å². The normalized spacial score (nSPS) is 11.0. The Kier molecular flexibility index (Phi) is 6.52. The Labute approximate surface area is 170 Å². The SMILES string of the molecule is O=C(O)Cn1ccc2ccc(OCCCC#Cc3ccc(OC(F)(F)F)cc3)cc21. The summed E-state index contributed by atoms with van der Waals surface area (Å²) in [6, 6.07) is 12.7. The molecule has 156 valence electrons. The quantitative estimate of drug-likeness (QED) is 0.442. The van der Waals surface area contributed by atoms with Gasteiger partial charge in [0.05, 0.1) is 12.1 Å². The maximum atomic E-state index is 12.1. The van der Waals surface area contributed by atoms with Crippen LogP contribution in [0.4, 0.5) is 13.2 Å². The Bertz CT molecular complexity index is 1080. The zero-order valence-electron chi connectivity index (χ0n) is 15.8. The largest absolute Gasteiger partial charge is 0.573 e. The third-order valence-electron chi connectivity index (χ3n) is 4.09. The minimum absolute atomic E-state index is 0.119. The van der Waals surface area contributed by atoms with Gasteiger partial charge in [0.25, 0.3) is 0 Å². The summed E-state index contributed by atoms with van der Waals surface area (Å²) in [6.07, 6.45) is -1.77. The standard InChI is InChI=1S/C22H18F3NO4/c23-22(24,25)30-18-8-5-16(6-9-18)4-2-1-3-13-29-19-10-7-17-11-12-26(15-21(27)28)20(17)14-19/h5-12,14H,1,3,13,15H2,(H,27,28). The van der Waals surface area contributed by atoms with Gasteiger partial charge in [0, 0.05) is 24.2 Å². The summed E-state index contributed by atoms with van der Waals surface area (Å²) in [5, 5.41) is 9.89. The molecule has 0 saturated carbocycles. The Morgan fingerprint density at radius 3 is 2.50 bits per heavy atom. The number of hydrogen-bond acceptors (Lipinski definition) is 3. The molecule has 2 aromatic carbocycles. The molecule has 1 heterocycles. The fourth-order valence-electron chi connectivity index (χ4n) is 2.79. The number of carboxylic acids is 1. The van der Waals surface area contributed by atoms with Crippen LogP contribution in [0.25, 0.3) is 10.9 Å². The first-order chi connectivity index (χ1) is 14.3. The summed E-state index contributed by atoms with van der Waals surface area (Å²) < 4.78 is 47.5. The zero-order chi connectivity index (χ0) is 21.6. The first kappa shape index (κ1) is 21.1. The highest BCUT2D eigenvalue weighted by atomic mass is 19.4. The molecule has 0 fully saturated rings. The monoisotopic (exact) mass is 417 g/mol. The van der Waals surface area contributed by atoms with Gasteiger partial charge in [-0.1, -0.05) is 11.8 Å². The third-order valence-corrected chi connectivity index (χ3v) is 4.09. The van der Waals surface area contributed by atoms with Crippen molar-refractivity contribution in [3.05, 3.63) is 60.3 Å². The number of halogens is 3. The summed E-state index contributed by atoms with van der Waals surface area (Å²) >= 11 is 0. The second-order valence-corrected chi connectivity index (χ2v) is 6.38. The lowest BCUT2D eigenvalue weighted by Crippen LogP contribution is -2.16. The Morgan fingerprint density at radius 1 is 1.07 bits per heavy atom. The molecule has 0 amide bonds. The van der Waals surface area contributed by atoms with Crippen LogP contribution in [-0.4, -0.2) is 28.6 Å². The number of rotatable bonds is 7. The minimum Gasteiger partial charge on any atom is -0.493 e. The number of carbonyl (C=O) groups is 1. The molecule has 0 aliphatic rings. The van der Waals surface area contributed by atoms with Gasteiger partial charge in [0.1, 0.15) is 18.0 Å². The number of benzene rings is 2. The van der Waals surface area contributed by atoms with Crippen molar-refractivity contribution in [1.82, 2.24) is 4.57 Å². The van der Waals surface area contributed by atoms with Crippen LogP contribution in [0.1, 0.15) is 18.4 Å². The molecule has 0 aliphatic carbocycles. The van der Waals surface area contributed by atoms with Crippen molar-refractivity contribution in [1.29, 1.82) is 0 Å².